The smallest absolute Gasteiger partial charge is 0.272 e. The van der Waals surface area contributed by atoms with Gasteiger partial charge in [-0.25, -0.2) is 0 Å². The Morgan fingerprint density at radius 2 is 2.08 bits per heavy atom. The highest BCUT2D eigenvalue weighted by Gasteiger charge is 2.32. The molecule has 7 heteroatoms. The molecular weight excluding hydrogens is 306 g/mol. The van der Waals surface area contributed by atoms with Gasteiger partial charge < -0.3 is 9.42 Å². The van der Waals surface area contributed by atoms with Crippen LogP contribution in [0.3, 0.4) is 0 Å². The van der Waals surface area contributed by atoms with E-state index in [2.05, 4.69) is 15.2 Å². The van der Waals surface area contributed by atoms with Crippen molar-refractivity contribution in [2.24, 2.45) is 7.05 Å². The van der Waals surface area contributed by atoms with E-state index in [4.69, 9.17) is 4.52 Å². The molecule has 1 amide bonds. The topological polar surface area (TPSA) is 77.1 Å². The number of rotatable bonds is 3. The van der Waals surface area contributed by atoms with Gasteiger partial charge in [-0.2, -0.15) is 10.1 Å². The van der Waals surface area contributed by atoms with Crippen molar-refractivity contribution in [2.45, 2.75) is 12.3 Å². The molecule has 0 aliphatic carbocycles. The fourth-order valence-corrected chi connectivity index (χ4v) is 3.00. The lowest BCUT2D eigenvalue weighted by Gasteiger charge is -2.15. The normalized spacial score (nSPS) is 17.4. The molecule has 0 bridgehead atoms. The maximum absolute atomic E-state index is 12.5. The van der Waals surface area contributed by atoms with Crippen LogP contribution >= 0.6 is 0 Å². The number of hydrogen-bond donors (Lipinski definition) is 0. The molecule has 1 atom stereocenters. The van der Waals surface area contributed by atoms with Gasteiger partial charge in [-0.3, -0.25) is 9.48 Å². The van der Waals surface area contributed by atoms with E-state index >= 15 is 0 Å². The fraction of sp³-hybridized carbons (Fsp3) is 0.294. The summed E-state index contributed by atoms with van der Waals surface area (Å²) in [6.07, 6.45) is 2.45. The van der Waals surface area contributed by atoms with E-state index in [1.165, 1.54) is 0 Å². The van der Waals surface area contributed by atoms with Crippen molar-refractivity contribution in [3.63, 3.8) is 0 Å². The number of carbonyl (C=O) groups excluding carboxylic acids is 1. The lowest BCUT2D eigenvalue weighted by atomic mass is 10.1. The van der Waals surface area contributed by atoms with Gasteiger partial charge >= 0.3 is 0 Å². The van der Waals surface area contributed by atoms with Crippen LogP contribution in [0.2, 0.25) is 0 Å². The first kappa shape index (κ1) is 14.6. The number of hydrogen-bond acceptors (Lipinski definition) is 5. The van der Waals surface area contributed by atoms with E-state index in [-0.39, 0.29) is 11.8 Å². The summed E-state index contributed by atoms with van der Waals surface area (Å²) < 4.78 is 7.02. The van der Waals surface area contributed by atoms with Gasteiger partial charge in [0.25, 0.3) is 5.91 Å². The van der Waals surface area contributed by atoms with Crippen LogP contribution in [0.5, 0.6) is 0 Å². The largest absolute Gasteiger partial charge is 0.339 e. The maximum Gasteiger partial charge on any atom is 0.272 e. The van der Waals surface area contributed by atoms with E-state index < -0.39 is 0 Å². The number of benzene rings is 1. The molecular formula is C17H17N5O2. The van der Waals surface area contributed by atoms with Gasteiger partial charge in [0, 0.05) is 31.9 Å². The summed E-state index contributed by atoms with van der Waals surface area (Å²) in [5.74, 6) is 1.24. The second-order valence-electron chi connectivity index (χ2n) is 5.90. The molecule has 0 saturated carbocycles. The molecule has 24 heavy (non-hydrogen) atoms. The minimum atomic E-state index is -0.0136. The van der Waals surface area contributed by atoms with Crippen LogP contribution < -0.4 is 0 Å². The van der Waals surface area contributed by atoms with Crippen molar-refractivity contribution in [1.82, 2.24) is 24.8 Å². The lowest BCUT2D eigenvalue weighted by Crippen LogP contribution is -2.30. The second-order valence-corrected chi connectivity index (χ2v) is 5.90. The van der Waals surface area contributed by atoms with Gasteiger partial charge in [0.05, 0.1) is 5.92 Å². The Morgan fingerprint density at radius 3 is 2.83 bits per heavy atom. The van der Waals surface area contributed by atoms with Crippen LogP contribution in [0, 0.1) is 0 Å². The molecule has 3 heterocycles. The van der Waals surface area contributed by atoms with Crippen molar-refractivity contribution in [1.29, 1.82) is 0 Å². The minimum absolute atomic E-state index is 0.0136. The average molecular weight is 323 g/mol. The van der Waals surface area contributed by atoms with E-state index in [0.29, 0.717) is 30.5 Å². The van der Waals surface area contributed by atoms with Crippen LogP contribution in [-0.2, 0) is 7.05 Å². The SMILES string of the molecule is Cn1nccc1C(=O)N1CCC(c2nc(-c3ccccc3)no2)C1. The quantitative estimate of drug-likeness (QED) is 0.737. The molecule has 4 rings (SSSR count). The zero-order valence-electron chi connectivity index (χ0n) is 13.3. The monoisotopic (exact) mass is 323 g/mol. The summed E-state index contributed by atoms with van der Waals surface area (Å²) in [6.45, 7) is 1.26. The molecule has 1 aliphatic rings. The summed E-state index contributed by atoms with van der Waals surface area (Å²) in [7, 11) is 1.77. The van der Waals surface area contributed by atoms with Crippen LogP contribution in [0.1, 0.15) is 28.7 Å². The predicted octanol–water partition coefficient (Wildman–Crippen LogP) is 2.10. The predicted molar refractivity (Wildman–Crippen MR) is 86.2 cm³/mol. The first-order valence-electron chi connectivity index (χ1n) is 7.88. The number of likely N-dealkylation sites (tertiary alicyclic amines) is 1. The van der Waals surface area contributed by atoms with E-state index in [9.17, 15) is 4.79 Å². The molecule has 1 fully saturated rings. The summed E-state index contributed by atoms with van der Waals surface area (Å²) in [5.41, 5.74) is 1.51. The third-order valence-electron chi connectivity index (χ3n) is 4.34. The Bertz CT molecular complexity index is 855. The third kappa shape index (κ3) is 2.58. The second kappa shape index (κ2) is 5.92. The van der Waals surface area contributed by atoms with E-state index in [1.807, 2.05) is 35.2 Å². The van der Waals surface area contributed by atoms with Gasteiger partial charge in [0.15, 0.2) is 0 Å². The molecule has 1 saturated heterocycles. The Kier molecular flexibility index (Phi) is 3.60. The number of amides is 1. The van der Waals surface area contributed by atoms with Gasteiger partial charge in [0.2, 0.25) is 11.7 Å². The van der Waals surface area contributed by atoms with E-state index in [1.54, 1.807) is 24.0 Å². The molecule has 0 radical (unpaired) electrons. The molecule has 122 valence electrons. The van der Waals surface area contributed by atoms with Crippen molar-refractivity contribution in [2.75, 3.05) is 13.1 Å². The fourth-order valence-electron chi connectivity index (χ4n) is 3.00. The van der Waals surface area contributed by atoms with Crippen molar-refractivity contribution in [3.8, 4) is 11.4 Å². The third-order valence-corrected chi connectivity index (χ3v) is 4.34. The zero-order valence-corrected chi connectivity index (χ0v) is 13.3. The van der Waals surface area contributed by atoms with Crippen molar-refractivity contribution >= 4 is 5.91 Å². The molecule has 1 aromatic carbocycles. The highest BCUT2D eigenvalue weighted by molar-refractivity contribution is 5.92. The molecule has 0 spiro atoms. The molecule has 2 aromatic heterocycles. The number of aromatic nitrogens is 4. The van der Waals surface area contributed by atoms with Gasteiger partial charge in [-0.05, 0) is 12.5 Å². The van der Waals surface area contributed by atoms with Gasteiger partial charge in [0.1, 0.15) is 5.69 Å². The molecule has 1 unspecified atom stereocenters. The van der Waals surface area contributed by atoms with Crippen LogP contribution in [0.15, 0.2) is 47.1 Å². The Labute approximate surface area is 138 Å². The Hall–Kier alpha value is -2.96. The number of carbonyl (C=O) groups is 1. The van der Waals surface area contributed by atoms with Crippen LogP contribution in [-0.4, -0.2) is 43.8 Å². The number of nitrogens with zero attached hydrogens (tertiary/aromatic N) is 5. The molecule has 3 aromatic rings. The van der Waals surface area contributed by atoms with Gasteiger partial charge in [-0.1, -0.05) is 35.5 Å². The Balaban J connectivity index is 1.49. The first-order valence-corrected chi connectivity index (χ1v) is 7.88. The summed E-state index contributed by atoms with van der Waals surface area (Å²) in [5, 5.41) is 8.11. The van der Waals surface area contributed by atoms with Crippen molar-refractivity contribution in [3.05, 3.63) is 54.2 Å². The zero-order chi connectivity index (χ0) is 16.5. The van der Waals surface area contributed by atoms with E-state index in [0.717, 1.165) is 12.0 Å². The van der Waals surface area contributed by atoms with Gasteiger partial charge in [-0.15, -0.1) is 0 Å². The minimum Gasteiger partial charge on any atom is -0.339 e. The highest BCUT2D eigenvalue weighted by atomic mass is 16.5. The number of aryl methyl sites for hydroxylation is 1. The summed E-state index contributed by atoms with van der Waals surface area (Å²) in [4.78, 5) is 18.8. The standard InChI is InChI=1S/C17H17N5O2/c1-21-14(7-9-18-21)17(23)22-10-8-13(11-22)16-19-15(20-24-16)12-5-3-2-4-6-12/h2-7,9,13H,8,10-11H2,1H3. The van der Waals surface area contributed by atoms with Crippen LogP contribution in [0.25, 0.3) is 11.4 Å². The highest BCUT2D eigenvalue weighted by Crippen LogP contribution is 2.28. The Morgan fingerprint density at radius 1 is 1.25 bits per heavy atom. The van der Waals surface area contributed by atoms with Crippen molar-refractivity contribution < 1.29 is 9.32 Å². The summed E-state index contributed by atoms with van der Waals surface area (Å²) >= 11 is 0. The maximum atomic E-state index is 12.5. The first-order chi connectivity index (χ1) is 11.7. The molecule has 7 nitrogen and oxygen atoms in total. The summed E-state index contributed by atoms with van der Waals surface area (Å²) in [6, 6.07) is 11.5. The molecule has 1 aliphatic heterocycles. The van der Waals surface area contributed by atoms with Crippen LogP contribution in [0.4, 0.5) is 0 Å². The molecule has 0 N–H and O–H groups in total. The lowest BCUT2D eigenvalue weighted by molar-refractivity contribution is 0.0778. The average Bonchev–Trinajstić information content (AvgIpc) is 3.35.